The van der Waals surface area contributed by atoms with Gasteiger partial charge in [-0.15, -0.1) is 0 Å². The summed E-state index contributed by atoms with van der Waals surface area (Å²) in [6.07, 6.45) is 2.07. The van der Waals surface area contributed by atoms with Crippen molar-refractivity contribution < 1.29 is 0 Å². The molecule has 0 amide bonds. The number of hydrogen-bond donors (Lipinski definition) is 0. The van der Waals surface area contributed by atoms with Crippen molar-refractivity contribution in [3.8, 4) is 0 Å². The Morgan fingerprint density at radius 3 is 2.56 bits per heavy atom. The van der Waals surface area contributed by atoms with Gasteiger partial charge in [0, 0.05) is 28.3 Å². The molecule has 0 aliphatic rings. The van der Waals surface area contributed by atoms with Crippen molar-refractivity contribution in [2.45, 2.75) is 6.54 Å². The lowest BCUT2D eigenvalue weighted by atomic mass is 10.2. The Morgan fingerprint density at radius 1 is 0.889 bits per heavy atom. The van der Waals surface area contributed by atoms with Crippen LogP contribution in [-0.2, 0) is 6.54 Å². The van der Waals surface area contributed by atoms with E-state index in [2.05, 4.69) is 22.9 Å². The molecule has 3 heteroatoms. The molecule has 90 valence electrons. The fourth-order valence-corrected chi connectivity index (χ4v) is 2.51. The topological polar surface area (TPSA) is 4.93 Å². The lowest BCUT2D eigenvalue weighted by Gasteiger charge is -2.06. The summed E-state index contributed by atoms with van der Waals surface area (Å²) in [4.78, 5) is 0. The SMILES string of the molecule is Clc1cccc(Cn2ccc3ccc(Cl)cc32)c1. The largest absolute Gasteiger partial charge is 0.343 e. The smallest absolute Gasteiger partial charge is 0.0498 e. The van der Waals surface area contributed by atoms with E-state index in [0.717, 1.165) is 22.1 Å². The fourth-order valence-electron chi connectivity index (χ4n) is 2.13. The van der Waals surface area contributed by atoms with Gasteiger partial charge in [0.1, 0.15) is 0 Å². The predicted octanol–water partition coefficient (Wildman–Crippen LogP) is 5.00. The average Bonchev–Trinajstić information content (AvgIpc) is 2.72. The Hall–Kier alpha value is -1.44. The van der Waals surface area contributed by atoms with Crippen molar-refractivity contribution in [1.82, 2.24) is 4.57 Å². The number of nitrogens with zero attached hydrogens (tertiary/aromatic N) is 1. The summed E-state index contributed by atoms with van der Waals surface area (Å²) in [5, 5.41) is 2.72. The van der Waals surface area contributed by atoms with Crippen molar-refractivity contribution >= 4 is 34.1 Å². The Kier molecular flexibility index (Phi) is 3.02. The Balaban J connectivity index is 2.02. The zero-order valence-corrected chi connectivity index (χ0v) is 11.1. The summed E-state index contributed by atoms with van der Waals surface area (Å²) in [6.45, 7) is 0.796. The second kappa shape index (κ2) is 4.68. The van der Waals surface area contributed by atoms with E-state index in [9.17, 15) is 0 Å². The maximum atomic E-state index is 6.04. The van der Waals surface area contributed by atoms with Gasteiger partial charge >= 0.3 is 0 Å². The fraction of sp³-hybridized carbons (Fsp3) is 0.0667. The third-order valence-corrected chi connectivity index (χ3v) is 3.45. The number of aromatic nitrogens is 1. The van der Waals surface area contributed by atoms with E-state index in [0.29, 0.717) is 0 Å². The van der Waals surface area contributed by atoms with Crippen LogP contribution in [0, 0.1) is 0 Å². The second-order valence-electron chi connectivity index (χ2n) is 4.28. The van der Waals surface area contributed by atoms with Gasteiger partial charge in [0.25, 0.3) is 0 Å². The van der Waals surface area contributed by atoms with Crippen LogP contribution in [0.4, 0.5) is 0 Å². The van der Waals surface area contributed by atoms with Crippen LogP contribution in [-0.4, -0.2) is 4.57 Å². The molecule has 3 aromatic rings. The quantitative estimate of drug-likeness (QED) is 0.621. The molecule has 0 fully saturated rings. The first kappa shape index (κ1) is 11.6. The minimum atomic E-state index is 0.758. The normalized spacial score (nSPS) is 11.0. The van der Waals surface area contributed by atoms with Gasteiger partial charge in [0.15, 0.2) is 0 Å². The van der Waals surface area contributed by atoms with Gasteiger partial charge in [-0.25, -0.2) is 0 Å². The van der Waals surface area contributed by atoms with E-state index >= 15 is 0 Å². The summed E-state index contributed by atoms with van der Waals surface area (Å²) >= 11 is 12.0. The summed E-state index contributed by atoms with van der Waals surface area (Å²) in [5.41, 5.74) is 2.32. The first-order valence-corrected chi connectivity index (χ1v) is 6.47. The summed E-state index contributed by atoms with van der Waals surface area (Å²) < 4.78 is 2.17. The maximum absolute atomic E-state index is 6.04. The number of rotatable bonds is 2. The molecule has 0 atom stereocenters. The minimum absolute atomic E-state index is 0.758. The van der Waals surface area contributed by atoms with Crippen LogP contribution >= 0.6 is 23.2 Å². The Labute approximate surface area is 116 Å². The molecule has 0 saturated heterocycles. The molecule has 3 rings (SSSR count). The highest BCUT2D eigenvalue weighted by Gasteiger charge is 2.03. The van der Waals surface area contributed by atoms with Gasteiger partial charge in [-0.2, -0.15) is 0 Å². The first-order chi connectivity index (χ1) is 8.72. The summed E-state index contributed by atoms with van der Waals surface area (Å²) in [6, 6.07) is 15.9. The van der Waals surface area contributed by atoms with E-state index in [1.54, 1.807) is 0 Å². The minimum Gasteiger partial charge on any atom is -0.343 e. The average molecular weight is 276 g/mol. The molecule has 0 bridgehead atoms. The van der Waals surface area contributed by atoms with Crippen LogP contribution in [0.25, 0.3) is 10.9 Å². The third kappa shape index (κ3) is 2.24. The van der Waals surface area contributed by atoms with Crippen molar-refractivity contribution in [3.63, 3.8) is 0 Å². The maximum Gasteiger partial charge on any atom is 0.0498 e. The van der Waals surface area contributed by atoms with Crippen LogP contribution in [0.3, 0.4) is 0 Å². The molecular weight excluding hydrogens is 265 g/mol. The third-order valence-electron chi connectivity index (χ3n) is 2.98. The molecule has 1 nitrogen and oxygen atoms in total. The van der Waals surface area contributed by atoms with Crippen molar-refractivity contribution in [3.05, 3.63) is 70.3 Å². The summed E-state index contributed by atoms with van der Waals surface area (Å²) in [7, 11) is 0. The van der Waals surface area contributed by atoms with Crippen LogP contribution < -0.4 is 0 Å². The molecule has 0 aliphatic heterocycles. The molecule has 2 aromatic carbocycles. The van der Waals surface area contributed by atoms with Gasteiger partial charge in [-0.3, -0.25) is 0 Å². The lowest BCUT2D eigenvalue weighted by Crippen LogP contribution is -1.97. The van der Waals surface area contributed by atoms with Crippen LogP contribution in [0.15, 0.2) is 54.7 Å². The van der Waals surface area contributed by atoms with Crippen LogP contribution in [0.2, 0.25) is 10.0 Å². The lowest BCUT2D eigenvalue weighted by molar-refractivity contribution is 0.837. The van der Waals surface area contributed by atoms with Gasteiger partial charge in [-0.05, 0) is 41.3 Å². The summed E-state index contributed by atoms with van der Waals surface area (Å²) in [5.74, 6) is 0. The van der Waals surface area contributed by atoms with E-state index in [1.807, 2.05) is 36.4 Å². The van der Waals surface area contributed by atoms with E-state index in [-0.39, 0.29) is 0 Å². The van der Waals surface area contributed by atoms with E-state index in [1.165, 1.54) is 10.9 Å². The number of hydrogen-bond acceptors (Lipinski definition) is 0. The molecule has 0 spiro atoms. The zero-order valence-electron chi connectivity index (χ0n) is 9.61. The Bertz CT molecular complexity index is 701. The van der Waals surface area contributed by atoms with Gasteiger partial charge < -0.3 is 4.57 Å². The second-order valence-corrected chi connectivity index (χ2v) is 5.15. The standard InChI is InChI=1S/C15H11Cl2N/c16-13-3-1-2-11(8-13)10-18-7-6-12-4-5-14(17)9-15(12)18/h1-9H,10H2. The highest BCUT2D eigenvalue weighted by molar-refractivity contribution is 6.31. The van der Waals surface area contributed by atoms with E-state index < -0.39 is 0 Å². The predicted molar refractivity (Wildman–Crippen MR) is 77.5 cm³/mol. The van der Waals surface area contributed by atoms with Gasteiger partial charge in [0.05, 0.1) is 0 Å². The molecule has 0 radical (unpaired) electrons. The zero-order chi connectivity index (χ0) is 12.5. The number of fused-ring (bicyclic) bond motifs is 1. The first-order valence-electron chi connectivity index (χ1n) is 5.71. The number of halogens is 2. The van der Waals surface area contributed by atoms with Gasteiger partial charge in [-0.1, -0.05) is 41.4 Å². The molecule has 0 aliphatic carbocycles. The number of benzene rings is 2. The molecular formula is C15H11Cl2N. The van der Waals surface area contributed by atoms with Crippen molar-refractivity contribution in [2.24, 2.45) is 0 Å². The monoisotopic (exact) mass is 275 g/mol. The highest BCUT2D eigenvalue weighted by atomic mass is 35.5. The molecule has 0 saturated carbocycles. The molecule has 0 N–H and O–H groups in total. The molecule has 1 aromatic heterocycles. The van der Waals surface area contributed by atoms with Crippen molar-refractivity contribution in [2.75, 3.05) is 0 Å². The molecule has 0 unspecified atom stereocenters. The van der Waals surface area contributed by atoms with Crippen LogP contribution in [0.5, 0.6) is 0 Å². The Morgan fingerprint density at radius 2 is 1.72 bits per heavy atom. The van der Waals surface area contributed by atoms with Crippen LogP contribution in [0.1, 0.15) is 5.56 Å². The molecule has 1 heterocycles. The molecule has 18 heavy (non-hydrogen) atoms. The van der Waals surface area contributed by atoms with E-state index in [4.69, 9.17) is 23.2 Å². The highest BCUT2D eigenvalue weighted by Crippen LogP contribution is 2.22. The van der Waals surface area contributed by atoms with Crippen molar-refractivity contribution in [1.29, 1.82) is 0 Å². The van der Waals surface area contributed by atoms with Gasteiger partial charge in [0.2, 0.25) is 0 Å².